The van der Waals surface area contributed by atoms with Gasteiger partial charge in [0.2, 0.25) is 0 Å². The van der Waals surface area contributed by atoms with Crippen molar-refractivity contribution >= 4 is 22.6 Å². The summed E-state index contributed by atoms with van der Waals surface area (Å²) in [5.41, 5.74) is -0.214. The van der Waals surface area contributed by atoms with E-state index in [2.05, 4.69) is 9.72 Å². The van der Waals surface area contributed by atoms with Crippen molar-refractivity contribution in [3.63, 3.8) is 0 Å². The fraction of sp³-hybridized carbons (Fsp3) is 0.286. The number of nitrogens with zero attached hydrogens (tertiary/aromatic N) is 1. The fourth-order valence-electron chi connectivity index (χ4n) is 0.789. The van der Waals surface area contributed by atoms with E-state index in [0.717, 1.165) is 6.20 Å². The average Bonchev–Trinajstić information content (AvgIpc) is 2.06. The van der Waals surface area contributed by atoms with Crippen molar-refractivity contribution in [3.05, 3.63) is 21.5 Å². The molecule has 1 heterocycles. The van der Waals surface area contributed by atoms with Gasteiger partial charge in [-0.2, -0.15) is 0 Å². The first-order valence-corrected chi connectivity index (χ1v) is 4.46. The van der Waals surface area contributed by atoms with E-state index in [4.69, 9.17) is 0 Å². The molecule has 1 aromatic heterocycles. The molecule has 0 radical (unpaired) electrons. The number of hydrogen-bond acceptors (Lipinski definition) is 2. The van der Waals surface area contributed by atoms with E-state index in [0.29, 0.717) is 0 Å². The maximum Gasteiger partial charge on any atom is 0.573 e. The molecule has 0 saturated carbocycles. The molecule has 0 aliphatic rings. The lowest BCUT2D eigenvalue weighted by Crippen LogP contribution is -2.19. The first-order valence-electron chi connectivity index (χ1n) is 3.38. The smallest absolute Gasteiger partial charge is 0.404 e. The second-order valence-electron chi connectivity index (χ2n) is 2.29. The quantitative estimate of drug-likeness (QED) is 0.617. The van der Waals surface area contributed by atoms with Crippen LogP contribution in [-0.4, -0.2) is 11.3 Å². The molecule has 0 aliphatic heterocycles. The van der Waals surface area contributed by atoms with Gasteiger partial charge in [0.1, 0.15) is 6.67 Å². The van der Waals surface area contributed by atoms with Gasteiger partial charge >= 0.3 is 6.36 Å². The van der Waals surface area contributed by atoms with E-state index in [9.17, 15) is 17.6 Å². The van der Waals surface area contributed by atoms with Crippen LogP contribution < -0.4 is 4.74 Å². The Bertz CT molecular complexity index is 328. The summed E-state index contributed by atoms with van der Waals surface area (Å²) in [4.78, 5) is 3.55. The lowest BCUT2D eigenvalue weighted by Gasteiger charge is -2.12. The molecule has 1 aromatic rings. The highest BCUT2D eigenvalue weighted by atomic mass is 127. The van der Waals surface area contributed by atoms with Gasteiger partial charge in [-0.3, -0.25) is 4.98 Å². The van der Waals surface area contributed by atoms with Gasteiger partial charge in [-0.05, 0) is 22.6 Å². The summed E-state index contributed by atoms with van der Waals surface area (Å²) < 4.78 is 51.6. The molecule has 7 heteroatoms. The van der Waals surface area contributed by atoms with E-state index in [1.807, 2.05) is 0 Å². The molecular formula is C7H4F4INO. The minimum atomic E-state index is -4.81. The Morgan fingerprint density at radius 3 is 2.50 bits per heavy atom. The van der Waals surface area contributed by atoms with E-state index >= 15 is 0 Å². The summed E-state index contributed by atoms with van der Waals surface area (Å²) >= 11 is 1.60. The zero-order valence-corrected chi connectivity index (χ0v) is 8.76. The largest absolute Gasteiger partial charge is 0.573 e. The van der Waals surface area contributed by atoms with Gasteiger partial charge in [0.15, 0.2) is 5.75 Å². The second-order valence-corrected chi connectivity index (χ2v) is 3.45. The predicted molar refractivity (Wildman–Crippen MR) is 48.4 cm³/mol. The molecule has 14 heavy (non-hydrogen) atoms. The average molecular weight is 321 g/mol. The SMILES string of the molecule is FCc1cncc(I)c1OC(F)(F)F. The molecule has 0 unspecified atom stereocenters. The van der Waals surface area contributed by atoms with Gasteiger partial charge in [0, 0.05) is 18.0 Å². The van der Waals surface area contributed by atoms with Crippen molar-refractivity contribution in [2.75, 3.05) is 0 Å². The predicted octanol–water partition coefficient (Wildman–Crippen LogP) is 3.05. The van der Waals surface area contributed by atoms with Gasteiger partial charge in [-0.25, -0.2) is 4.39 Å². The lowest BCUT2D eigenvalue weighted by atomic mass is 10.3. The molecular weight excluding hydrogens is 317 g/mol. The summed E-state index contributed by atoms with van der Waals surface area (Å²) in [6.45, 7) is -1.05. The molecule has 0 N–H and O–H groups in total. The summed E-state index contributed by atoms with van der Waals surface area (Å²) in [7, 11) is 0. The van der Waals surface area contributed by atoms with Crippen molar-refractivity contribution in [2.24, 2.45) is 0 Å². The summed E-state index contributed by atoms with van der Waals surface area (Å²) in [5.74, 6) is -0.518. The van der Waals surface area contributed by atoms with Crippen LogP contribution in [0.25, 0.3) is 0 Å². The Balaban J connectivity index is 3.05. The van der Waals surface area contributed by atoms with Crippen LogP contribution in [0.2, 0.25) is 0 Å². The summed E-state index contributed by atoms with van der Waals surface area (Å²) in [5, 5.41) is 0. The maximum atomic E-state index is 12.3. The van der Waals surface area contributed by atoms with E-state index in [-0.39, 0.29) is 9.13 Å². The van der Waals surface area contributed by atoms with Crippen LogP contribution in [0.3, 0.4) is 0 Å². The first-order chi connectivity index (χ1) is 6.44. The van der Waals surface area contributed by atoms with Crippen LogP contribution in [0.4, 0.5) is 17.6 Å². The van der Waals surface area contributed by atoms with Crippen molar-refractivity contribution < 1.29 is 22.3 Å². The molecule has 1 rings (SSSR count). The Hall–Kier alpha value is -0.600. The number of rotatable bonds is 2. The molecule has 0 bridgehead atoms. The van der Waals surface area contributed by atoms with Crippen molar-refractivity contribution in [1.82, 2.24) is 4.98 Å². The molecule has 0 saturated heterocycles. The van der Waals surface area contributed by atoms with E-state index in [1.54, 1.807) is 22.6 Å². The lowest BCUT2D eigenvalue weighted by molar-refractivity contribution is -0.275. The van der Waals surface area contributed by atoms with Crippen LogP contribution in [-0.2, 0) is 6.67 Å². The second kappa shape index (κ2) is 4.28. The van der Waals surface area contributed by atoms with E-state index < -0.39 is 18.8 Å². The molecule has 0 atom stereocenters. The highest BCUT2D eigenvalue weighted by molar-refractivity contribution is 14.1. The van der Waals surface area contributed by atoms with Crippen molar-refractivity contribution in [3.8, 4) is 5.75 Å². The van der Waals surface area contributed by atoms with Crippen LogP contribution in [0.1, 0.15) is 5.56 Å². The van der Waals surface area contributed by atoms with Gasteiger partial charge < -0.3 is 4.74 Å². The summed E-state index contributed by atoms with van der Waals surface area (Å²) in [6, 6.07) is 0. The monoisotopic (exact) mass is 321 g/mol. The van der Waals surface area contributed by atoms with Crippen LogP contribution in [0, 0.1) is 3.57 Å². The number of pyridine rings is 1. The minimum absolute atomic E-state index is 0.120. The normalized spacial score (nSPS) is 11.5. The van der Waals surface area contributed by atoms with Crippen LogP contribution >= 0.6 is 22.6 Å². The molecule has 78 valence electrons. The Labute approximate surface area is 90.4 Å². The molecule has 2 nitrogen and oxygen atoms in total. The third-order valence-electron chi connectivity index (χ3n) is 1.29. The number of aromatic nitrogens is 1. The van der Waals surface area contributed by atoms with Crippen LogP contribution in [0.15, 0.2) is 12.4 Å². The van der Waals surface area contributed by atoms with Gasteiger partial charge in [0.25, 0.3) is 0 Å². The van der Waals surface area contributed by atoms with Gasteiger partial charge in [0.05, 0.1) is 3.57 Å². The number of alkyl halides is 4. The fourth-order valence-corrected chi connectivity index (χ4v) is 1.41. The highest BCUT2D eigenvalue weighted by Crippen LogP contribution is 2.30. The molecule has 0 fully saturated rings. The Morgan fingerprint density at radius 1 is 1.36 bits per heavy atom. The topological polar surface area (TPSA) is 22.1 Å². The third kappa shape index (κ3) is 2.96. The molecule has 0 spiro atoms. The zero-order valence-electron chi connectivity index (χ0n) is 6.61. The van der Waals surface area contributed by atoms with Crippen molar-refractivity contribution in [1.29, 1.82) is 0 Å². The van der Waals surface area contributed by atoms with Gasteiger partial charge in [-0.1, -0.05) is 0 Å². The highest BCUT2D eigenvalue weighted by Gasteiger charge is 2.33. The standard InChI is InChI=1S/C7H4F4INO/c8-1-4-2-13-3-5(12)6(4)14-7(9,10)11/h2-3H,1H2. The van der Waals surface area contributed by atoms with Crippen LogP contribution in [0.5, 0.6) is 5.75 Å². The zero-order chi connectivity index (χ0) is 10.8. The molecule has 0 aromatic carbocycles. The minimum Gasteiger partial charge on any atom is -0.404 e. The van der Waals surface area contributed by atoms with E-state index in [1.165, 1.54) is 6.20 Å². The number of ether oxygens (including phenoxy) is 1. The molecule has 0 aliphatic carbocycles. The van der Waals surface area contributed by atoms with Gasteiger partial charge in [-0.15, -0.1) is 13.2 Å². The Morgan fingerprint density at radius 2 is 2.00 bits per heavy atom. The number of halogens is 5. The number of hydrogen-bond donors (Lipinski definition) is 0. The summed E-state index contributed by atoms with van der Waals surface area (Å²) in [6.07, 6.45) is -2.64. The first kappa shape index (κ1) is 11.5. The maximum absolute atomic E-state index is 12.3. The third-order valence-corrected chi connectivity index (χ3v) is 2.06. The molecule has 0 amide bonds. The van der Waals surface area contributed by atoms with Crippen molar-refractivity contribution in [2.45, 2.75) is 13.0 Å². The Kier molecular flexibility index (Phi) is 3.51.